The molecule has 0 saturated heterocycles. The molecule has 0 spiro atoms. The summed E-state index contributed by atoms with van der Waals surface area (Å²) in [6, 6.07) is 7.59. The van der Waals surface area contributed by atoms with E-state index >= 15 is 0 Å². The van der Waals surface area contributed by atoms with E-state index in [1.165, 1.54) is 0 Å². The molecule has 0 aliphatic heterocycles. The molecule has 0 atom stereocenters. The summed E-state index contributed by atoms with van der Waals surface area (Å²) in [7, 11) is 0. The van der Waals surface area contributed by atoms with Gasteiger partial charge in [-0.25, -0.2) is 0 Å². The Bertz CT molecular complexity index is 366. The second kappa shape index (κ2) is 6.91. The second-order valence-corrected chi connectivity index (χ2v) is 3.74. The van der Waals surface area contributed by atoms with Crippen LogP contribution >= 0.6 is 0 Å². The van der Waals surface area contributed by atoms with E-state index in [1.54, 1.807) is 4.90 Å². The number of likely N-dealkylation sites (N-methyl/N-ethyl adjacent to an activating group) is 1. The summed E-state index contributed by atoms with van der Waals surface area (Å²) in [5.41, 5.74) is 7.54. The van der Waals surface area contributed by atoms with Crippen LogP contribution in [0.3, 0.4) is 0 Å². The molecule has 0 saturated carbocycles. The lowest BCUT2D eigenvalue weighted by molar-refractivity contribution is -0.136. The molecule has 0 aromatic heterocycles. The van der Waals surface area contributed by atoms with Crippen LogP contribution in [0.1, 0.15) is 19.4 Å². The number of benzene rings is 1. The Balaban J connectivity index is 2.63. The third-order valence-electron chi connectivity index (χ3n) is 2.58. The number of carbonyl (C=O) groups is 1. The quantitative estimate of drug-likeness (QED) is 0.764. The van der Waals surface area contributed by atoms with Gasteiger partial charge in [-0.05, 0) is 25.5 Å². The van der Waals surface area contributed by atoms with Gasteiger partial charge in [-0.3, -0.25) is 4.79 Å². The van der Waals surface area contributed by atoms with Crippen LogP contribution in [0, 0.1) is 0 Å². The molecule has 0 fully saturated rings. The van der Waals surface area contributed by atoms with Crippen molar-refractivity contribution in [3.63, 3.8) is 0 Å². The number of nitrogens with zero attached hydrogens (tertiary/aromatic N) is 1. The van der Waals surface area contributed by atoms with E-state index in [0.29, 0.717) is 19.7 Å². The minimum absolute atomic E-state index is 0.00222. The first-order valence-corrected chi connectivity index (χ1v) is 5.87. The molecule has 0 heterocycles. The highest BCUT2D eigenvalue weighted by atomic mass is 16.5. The van der Waals surface area contributed by atoms with Crippen LogP contribution in [-0.4, -0.2) is 30.6 Å². The minimum atomic E-state index is -0.00222. The number of carbonyl (C=O) groups excluding carboxylic acids is 1. The van der Waals surface area contributed by atoms with Gasteiger partial charge in [-0.1, -0.05) is 18.2 Å². The molecule has 1 rings (SSSR count). The van der Waals surface area contributed by atoms with E-state index in [2.05, 4.69) is 0 Å². The van der Waals surface area contributed by atoms with Gasteiger partial charge in [-0.2, -0.15) is 0 Å². The normalized spacial score (nSPS) is 10.2. The molecule has 4 nitrogen and oxygen atoms in total. The van der Waals surface area contributed by atoms with Gasteiger partial charge in [0.15, 0.2) is 0 Å². The van der Waals surface area contributed by atoms with Gasteiger partial charge < -0.3 is 15.4 Å². The number of anilines is 1. The van der Waals surface area contributed by atoms with E-state index in [1.807, 2.05) is 38.1 Å². The van der Waals surface area contributed by atoms with E-state index in [9.17, 15) is 4.79 Å². The van der Waals surface area contributed by atoms with E-state index in [-0.39, 0.29) is 12.5 Å². The molecule has 0 aliphatic rings. The molecule has 1 amide bonds. The largest absolute Gasteiger partial charge is 0.398 e. The number of hydrogen-bond donors (Lipinski definition) is 1. The first-order valence-electron chi connectivity index (χ1n) is 5.87. The Morgan fingerprint density at radius 2 is 2.06 bits per heavy atom. The zero-order valence-electron chi connectivity index (χ0n) is 10.5. The van der Waals surface area contributed by atoms with Crippen LogP contribution in [0.15, 0.2) is 24.3 Å². The lowest BCUT2D eigenvalue weighted by Crippen LogP contribution is -2.33. The van der Waals surface area contributed by atoms with Crippen LogP contribution < -0.4 is 5.73 Å². The highest BCUT2D eigenvalue weighted by Gasteiger charge is 2.12. The van der Waals surface area contributed by atoms with Crippen molar-refractivity contribution < 1.29 is 9.53 Å². The van der Waals surface area contributed by atoms with Crippen LogP contribution in [0.2, 0.25) is 0 Å². The molecule has 2 N–H and O–H groups in total. The first-order chi connectivity index (χ1) is 8.19. The standard InChI is InChI=1S/C13H20N2O2/c1-3-15(13(16)10-17-4-2)9-11-7-5-6-8-12(11)14/h5-8H,3-4,9-10,14H2,1-2H3. The zero-order valence-corrected chi connectivity index (χ0v) is 10.5. The summed E-state index contributed by atoms with van der Waals surface area (Å²) < 4.78 is 5.12. The van der Waals surface area contributed by atoms with Crippen molar-refractivity contribution in [1.29, 1.82) is 0 Å². The molecule has 17 heavy (non-hydrogen) atoms. The van der Waals surface area contributed by atoms with Crippen LogP contribution in [0.4, 0.5) is 5.69 Å². The van der Waals surface area contributed by atoms with Crippen molar-refractivity contribution in [3.05, 3.63) is 29.8 Å². The SMILES string of the molecule is CCOCC(=O)N(CC)Cc1ccccc1N. The maximum atomic E-state index is 11.8. The Hall–Kier alpha value is -1.55. The van der Waals surface area contributed by atoms with Crippen LogP contribution in [0.5, 0.6) is 0 Å². The highest BCUT2D eigenvalue weighted by Crippen LogP contribution is 2.13. The van der Waals surface area contributed by atoms with Gasteiger partial charge in [-0.15, -0.1) is 0 Å². The highest BCUT2D eigenvalue weighted by molar-refractivity contribution is 5.77. The molecule has 0 aliphatic carbocycles. The van der Waals surface area contributed by atoms with Gasteiger partial charge in [0.2, 0.25) is 5.91 Å². The van der Waals surface area contributed by atoms with Gasteiger partial charge in [0, 0.05) is 25.4 Å². The molecule has 0 bridgehead atoms. The Morgan fingerprint density at radius 1 is 1.35 bits per heavy atom. The number of para-hydroxylation sites is 1. The molecular weight excluding hydrogens is 216 g/mol. The van der Waals surface area contributed by atoms with Crippen molar-refractivity contribution in [2.75, 3.05) is 25.5 Å². The Kier molecular flexibility index (Phi) is 5.49. The van der Waals surface area contributed by atoms with Crippen molar-refractivity contribution in [1.82, 2.24) is 4.90 Å². The molecule has 94 valence electrons. The monoisotopic (exact) mass is 236 g/mol. The molecular formula is C13H20N2O2. The summed E-state index contributed by atoms with van der Waals surface area (Å²) in [6.07, 6.45) is 0. The molecule has 4 heteroatoms. The number of amides is 1. The maximum absolute atomic E-state index is 11.8. The maximum Gasteiger partial charge on any atom is 0.248 e. The summed E-state index contributed by atoms with van der Waals surface area (Å²) in [5, 5.41) is 0. The summed E-state index contributed by atoms with van der Waals surface area (Å²) >= 11 is 0. The van der Waals surface area contributed by atoms with E-state index in [0.717, 1.165) is 11.3 Å². The lowest BCUT2D eigenvalue weighted by atomic mass is 10.1. The molecule has 0 unspecified atom stereocenters. The molecule has 0 radical (unpaired) electrons. The smallest absolute Gasteiger partial charge is 0.248 e. The predicted octanol–water partition coefficient (Wildman–Crippen LogP) is 1.65. The summed E-state index contributed by atoms with van der Waals surface area (Å²) in [5.74, 6) is -0.00222. The van der Waals surface area contributed by atoms with Crippen molar-refractivity contribution in [2.45, 2.75) is 20.4 Å². The lowest BCUT2D eigenvalue weighted by Gasteiger charge is -2.21. The summed E-state index contributed by atoms with van der Waals surface area (Å²) in [4.78, 5) is 13.5. The number of nitrogen functional groups attached to an aromatic ring is 1. The van der Waals surface area contributed by atoms with Crippen LogP contribution in [0.25, 0.3) is 0 Å². The zero-order chi connectivity index (χ0) is 12.7. The molecule has 1 aromatic rings. The van der Waals surface area contributed by atoms with Crippen LogP contribution in [-0.2, 0) is 16.1 Å². The van der Waals surface area contributed by atoms with Gasteiger partial charge in [0.25, 0.3) is 0 Å². The minimum Gasteiger partial charge on any atom is -0.398 e. The first kappa shape index (κ1) is 13.5. The fourth-order valence-corrected chi connectivity index (χ4v) is 1.54. The molecule has 1 aromatic carbocycles. The van der Waals surface area contributed by atoms with Crippen molar-refractivity contribution in [3.8, 4) is 0 Å². The number of rotatable bonds is 6. The predicted molar refractivity (Wildman–Crippen MR) is 68.4 cm³/mol. The fourth-order valence-electron chi connectivity index (χ4n) is 1.54. The van der Waals surface area contributed by atoms with Crippen molar-refractivity contribution >= 4 is 11.6 Å². The van der Waals surface area contributed by atoms with Gasteiger partial charge in [0.1, 0.15) is 6.61 Å². The van der Waals surface area contributed by atoms with Crippen molar-refractivity contribution in [2.24, 2.45) is 0 Å². The number of ether oxygens (including phenoxy) is 1. The Morgan fingerprint density at radius 3 is 2.65 bits per heavy atom. The average Bonchev–Trinajstić information content (AvgIpc) is 2.35. The van der Waals surface area contributed by atoms with Gasteiger partial charge in [0.05, 0.1) is 0 Å². The fraction of sp³-hybridized carbons (Fsp3) is 0.462. The third kappa shape index (κ3) is 4.07. The summed E-state index contributed by atoms with van der Waals surface area (Å²) in [6.45, 7) is 5.70. The number of nitrogens with two attached hydrogens (primary N) is 1. The topological polar surface area (TPSA) is 55.6 Å². The van der Waals surface area contributed by atoms with E-state index in [4.69, 9.17) is 10.5 Å². The van der Waals surface area contributed by atoms with Gasteiger partial charge >= 0.3 is 0 Å². The second-order valence-electron chi connectivity index (χ2n) is 3.74. The third-order valence-corrected chi connectivity index (χ3v) is 2.58. The Labute approximate surface area is 102 Å². The number of hydrogen-bond acceptors (Lipinski definition) is 3. The average molecular weight is 236 g/mol. The van der Waals surface area contributed by atoms with E-state index < -0.39 is 0 Å².